The summed E-state index contributed by atoms with van der Waals surface area (Å²) in [6, 6.07) is 4.82. The molecule has 0 aliphatic carbocycles. The van der Waals surface area contributed by atoms with Gasteiger partial charge < -0.3 is 10.5 Å². The Bertz CT molecular complexity index is 495. The number of esters is 1. The molecule has 90 valence electrons. The SMILES string of the molecule is COC(=O)/C(N)=C/C(=O)c1ccc(Cl)c(C)c1. The summed E-state index contributed by atoms with van der Waals surface area (Å²) in [5.41, 5.74) is 6.34. The van der Waals surface area contributed by atoms with Gasteiger partial charge in [-0.25, -0.2) is 4.79 Å². The van der Waals surface area contributed by atoms with Crippen LogP contribution in [0.15, 0.2) is 30.0 Å². The minimum absolute atomic E-state index is 0.231. The van der Waals surface area contributed by atoms with Crippen LogP contribution in [0.1, 0.15) is 15.9 Å². The fraction of sp³-hybridized carbons (Fsp3) is 0.167. The lowest BCUT2D eigenvalue weighted by molar-refractivity contribution is -0.136. The number of allylic oxidation sites excluding steroid dienone is 1. The zero-order valence-electron chi connectivity index (χ0n) is 9.49. The van der Waals surface area contributed by atoms with Gasteiger partial charge in [-0.1, -0.05) is 11.6 Å². The van der Waals surface area contributed by atoms with Crippen molar-refractivity contribution in [3.63, 3.8) is 0 Å². The molecule has 0 aliphatic heterocycles. The summed E-state index contributed by atoms with van der Waals surface area (Å²) in [5, 5.41) is 0.575. The Morgan fingerprint density at radius 2 is 2.06 bits per heavy atom. The molecule has 0 unspecified atom stereocenters. The van der Waals surface area contributed by atoms with Gasteiger partial charge >= 0.3 is 5.97 Å². The Hall–Kier alpha value is -1.81. The summed E-state index contributed by atoms with van der Waals surface area (Å²) in [5.74, 6) is -1.10. The van der Waals surface area contributed by atoms with Crippen molar-refractivity contribution in [2.75, 3.05) is 7.11 Å². The van der Waals surface area contributed by atoms with E-state index in [0.29, 0.717) is 10.6 Å². The van der Waals surface area contributed by atoms with Crippen molar-refractivity contribution in [1.82, 2.24) is 0 Å². The monoisotopic (exact) mass is 253 g/mol. The van der Waals surface area contributed by atoms with E-state index in [1.165, 1.54) is 7.11 Å². The molecule has 5 heteroatoms. The third-order valence-electron chi connectivity index (χ3n) is 2.15. The molecular formula is C12H12ClNO3. The summed E-state index contributed by atoms with van der Waals surface area (Å²) >= 11 is 5.84. The average Bonchev–Trinajstić information content (AvgIpc) is 2.31. The second-order valence-electron chi connectivity index (χ2n) is 3.42. The van der Waals surface area contributed by atoms with Crippen molar-refractivity contribution in [3.8, 4) is 0 Å². The van der Waals surface area contributed by atoms with Crippen molar-refractivity contribution >= 4 is 23.4 Å². The molecule has 0 bridgehead atoms. The summed E-state index contributed by atoms with van der Waals surface area (Å²) in [6.07, 6.45) is 1.04. The first-order valence-corrected chi connectivity index (χ1v) is 5.19. The van der Waals surface area contributed by atoms with E-state index < -0.39 is 5.97 Å². The summed E-state index contributed by atoms with van der Waals surface area (Å²) in [4.78, 5) is 22.7. The molecule has 0 fully saturated rings. The van der Waals surface area contributed by atoms with Gasteiger partial charge in [0.1, 0.15) is 5.70 Å². The molecule has 0 amide bonds. The van der Waals surface area contributed by atoms with Crippen LogP contribution in [0, 0.1) is 6.92 Å². The van der Waals surface area contributed by atoms with Gasteiger partial charge in [-0.05, 0) is 30.7 Å². The summed E-state index contributed by atoms with van der Waals surface area (Å²) in [6.45, 7) is 1.78. The lowest BCUT2D eigenvalue weighted by Gasteiger charge is -2.02. The van der Waals surface area contributed by atoms with Gasteiger partial charge in [0.05, 0.1) is 7.11 Å². The molecule has 1 rings (SSSR count). The minimum atomic E-state index is -0.732. The molecule has 17 heavy (non-hydrogen) atoms. The fourth-order valence-electron chi connectivity index (χ4n) is 1.20. The maximum absolute atomic E-state index is 11.7. The molecule has 0 saturated heterocycles. The van der Waals surface area contributed by atoms with E-state index in [1.807, 2.05) is 0 Å². The highest BCUT2D eigenvalue weighted by Crippen LogP contribution is 2.16. The lowest BCUT2D eigenvalue weighted by Crippen LogP contribution is -2.14. The van der Waals surface area contributed by atoms with Crippen LogP contribution >= 0.6 is 11.6 Å². The highest BCUT2D eigenvalue weighted by atomic mass is 35.5. The number of nitrogens with two attached hydrogens (primary N) is 1. The molecule has 0 aliphatic rings. The van der Waals surface area contributed by atoms with E-state index in [9.17, 15) is 9.59 Å². The number of benzene rings is 1. The van der Waals surface area contributed by atoms with Crippen molar-refractivity contribution < 1.29 is 14.3 Å². The van der Waals surface area contributed by atoms with Crippen LogP contribution in [0.2, 0.25) is 5.02 Å². The van der Waals surface area contributed by atoms with Crippen LogP contribution in [-0.4, -0.2) is 18.9 Å². The normalized spacial score (nSPS) is 11.1. The summed E-state index contributed by atoms with van der Waals surface area (Å²) in [7, 11) is 1.19. The van der Waals surface area contributed by atoms with Crippen LogP contribution in [-0.2, 0) is 9.53 Å². The zero-order valence-corrected chi connectivity index (χ0v) is 10.2. The van der Waals surface area contributed by atoms with Crippen molar-refractivity contribution in [3.05, 3.63) is 46.1 Å². The Balaban J connectivity index is 2.98. The largest absolute Gasteiger partial charge is 0.464 e. The van der Waals surface area contributed by atoms with Gasteiger partial charge in [0.15, 0.2) is 5.78 Å². The molecule has 0 saturated carbocycles. The number of carbonyl (C=O) groups is 2. The first-order valence-electron chi connectivity index (χ1n) is 4.81. The molecular weight excluding hydrogens is 242 g/mol. The number of carbonyl (C=O) groups excluding carboxylic acids is 2. The smallest absolute Gasteiger partial charge is 0.354 e. The summed E-state index contributed by atoms with van der Waals surface area (Å²) < 4.78 is 4.39. The zero-order chi connectivity index (χ0) is 13.0. The highest BCUT2D eigenvalue weighted by Gasteiger charge is 2.09. The van der Waals surface area contributed by atoms with Gasteiger partial charge in [0.2, 0.25) is 0 Å². The van der Waals surface area contributed by atoms with Gasteiger partial charge in [0.25, 0.3) is 0 Å². The molecule has 0 radical (unpaired) electrons. The number of ether oxygens (including phenoxy) is 1. The number of hydrogen-bond acceptors (Lipinski definition) is 4. The van der Waals surface area contributed by atoms with E-state index in [4.69, 9.17) is 17.3 Å². The molecule has 0 atom stereocenters. The minimum Gasteiger partial charge on any atom is -0.464 e. The van der Waals surface area contributed by atoms with Crippen molar-refractivity contribution in [2.24, 2.45) is 5.73 Å². The van der Waals surface area contributed by atoms with E-state index in [0.717, 1.165) is 11.6 Å². The van der Waals surface area contributed by atoms with E-state index >= 15 is 0 Å². The Labute approximate surface area is 104 Å². The second kappa shape index (κ2) is 5.50. The van der Waals surface area contributed by atoms with Crippen molar-refractivity contribution in [2.45, 2.75) is 6.92 Å². The Morgan fingerprint density at radius 3 is 2.59 bits per heavy atom. The predicted molar refractivity (Wildman–Crippen MR) is 64.8 cm³/mol. The van der Waals surface area contributed by atoms with Crippen LogP contribution in [0.4, 0.5) is 0 Å². The van der Waals surface area contributed by atoms with Gasteiger partial charge in [-0.3, -0.25) is 4.79 Å². The lowest BCUT2D eigenvalue weighted by atomic mass is 10.1. The third-order valence-corrected chi connectivity index (χ3v) is 2.57. The molecule has 0 heterocycles. The van der Waals surface area contributed by atoms with E-state index in [-0.39, 0.29) is 11.5 Å². The van der Waals surface area contributed by atoms with E-state index in [1.54, 1.807) is 25.1 Å². The van der Waals surface area contributed by atoms with Crippen molar-refractivity contribution in [1.29, 1.82) is 0 Å². The van der Waals surface area contributed by atoms with Crippen LogP contribution in [0.25, 0.3) is 0 Å². The van der Waals surface area contributed by atoms with E-state index in [2.05, 4.69) is 4.74 Å². The molecule has 2 N–H and O–H groups in total. The molecule has 4 nitrogen and oxygen atoms in total. The predicted octanol–water partition coefficient (Wildman–Crippen LogP) is 1.85. The van der Waals surface area contributed by atoms with Crippen LogP contribution in [0.3, 0.4) is 0 Å². The first kappa shape index (κ1) is 13.3. The Morgan fingerprint density at radius 1 is 1.41 bits per heavy atom. The maximum atomic E-state index is 11.7. The average molecular weight is 254 g/mol. The number of ketones is 1. The quantitative estimate of drug-likeness (QED) is 0.507. The highest BCUT2D eigenvalue weighted by molar-refractivity contribution is 6.31. The number of hydrogen-bond donors (Lipinski definition) is 1. The topological polar surface area (TPSA) is 69.4 Å². The molecule has 1 aromatic carbocycles. The molecule has 1 aromatic rings. The number of methoxy groups -OCH3 is 1. The number of rotatable bonds is 3. The second-order valence-corrected chi connectivity index (χ2v) is 3.83. The number of halogens is 1. The standard InChI is InChI=1S/C12H12ClNO3/c1-7-5-8(3-4-9(7)13)11(15)6-10(14)12(16)17-2/h3-6H,14H2,1-2H3/b10-6-. The molecule has 0 spiro atoms. The van der Waals surface area contributed by atoms with Gasteiger partial charge in [0, 0.05) is 16.7 Å². The van der Waals surface area contributed by atoms with Gasteiger partial charge in [-0.2, -0.15) is 0 Å². The Kier molecular flexibility index (Phi) is 4.29. The fourth-order valence-corrected chi connectivity index (χ4v) is 1.32. The maximum Gasteiger partial charge on any atom is 0.354 e. The van der Waals surface area contributed by atoms with Crippen LogP contribution in [0.5, 0.6) is 0 Å². The third kappa shape index (κ3) is 3.32. The first-order chi connectivity index (χ1) is 7.95. The molecule has 0 aromatic heterocycles. The van der Waals surface area contributed by atoms with Crippen LogP contribution < -0.4 is 5.73 Å². The van der Waals surface area contributed by atoms with Gasteiger partial charge in [-0.15, -0.1) is 0 Å². The number of aryl methyl sites for hydroxylation is 1.